The van der Waals surface area contributed by atoms with Gasteiger partial charge in [-0.2, -0.15) is 0 Å². The Balaban J connectivity index is 1.73. The van der Waals surface area contributed by atoms with Crippen LogP contribution in [0.5, 0.6) is 0 Å². The Morgan fingerprint density at radius 3 is 2.61 bits per heavy atom. The molecule has 0 aromatic rings. The molecule has 7 heteroatoms. The number of nitrogens with zero attached hydrogens (tertiary/aromatic N) is 3. The molecule has 2 atom stereocenters. The van der Waals surface area contributed by atoms with Crippen LogP contribution in [-0.4, -0.2) is 97.3 Å². The third-order valence-electron chi connectivity index (χ3n) is 4.68. The minimum Gasteiger partial charge on any atom is -0.389 e. The molecule has 132 valence electrons. The van der Waals surface area contributed by atoms with Gasteiger partial charge >= 0.3 is 0 Å². The number of rotatable bonds is 6. The Labute approximate surface area is 138 Å². The average Bonchev–Trinajstić information content (AvgIpc) is 2.55. The summed E-state index contributed by atoms with van der Waals surface area (Å²) in [7, 11) is 1.79. The Kier molecular flexibility index (Phi) is 6.80. The van der Waals surface area contributed by atoms with Crippen LogP contribution in [0.4, 0.5) is 0 Å². The highest BCUT2D eigenvalue weighted by Gasteiger charge is 2.33. The average molecular weight is 327 g/mol. The quantitative estimate of drug-likeness (QED) is 0.705. The summed E-state index contributed by atoms with van der Waals surface area (Å²) in [5, 5.41) is 9.88. The predicted octanol–water partition coefficient (Wildman–Crippen LogP) is -0.604. The molecular weight excluding hydrogens is 298 g/mol. The van der Waals surface area contributed by atoms with Gasteiger partial charge in [0.15, 0.2) is 0 Å². The van der Waals surface area contributed by atoms with Crippen LogP contribution in [0.2, 0.25) is 0 Å². The first-order valence-electron chi connectivity index (χ1n) is 8.52. The molecule has 2 saturated heterocycles. The van der Waals surface area contributed by atoms with Crippen molar-refractivity contribution >= 4 is 11.8 Å². The first-order chi connectivity index (χ1) is 11.0. The van der Waals surface area contributed by atoms with Crippen LogP contribution in [0.25, 0.3) is 0 Å². The van der Waals surface area contributed by atoms with Crippen LogP contribution >= 0.6 is 0 Å². The number of aliphatic hydroxyl groups is 1. The third kappa shape index (κ3) is 5.16. The molecule has 2 rings (SSSR count). The van der Waals surface area contributed by atoms with Crippen molar-refractivity contribution in [2.45, 2.75) is 25.9 Å². The fraction of sp³-hybridized carbons (Fsp3) is 0.875. The first-order valence-corrected chi connectivity index (χ1v) is 8.52. The molecule has 0 spiro atoms. The van der Waals surface area contributed by atoms with Crippen molar-refractivity contribution in [2.75, 3.05) is 59.5 Å². The fourth-order valence-corrected chi connectivity index (χ4v) is 3.17. The molecular formula is C16H29N3O4. The van der Waals surface area contributed by atoms with E-state index in [9.17, 15) is 14.7 Å². The van der Waals surface area contributed by atoms with Gasteiger partial charge < -0.3 is 19.6 Å². The Hall–Kier alpha value is -1.18. The van der Waals surface area contributed by atoms with Crippen molar-refractivity contribution in [2.24, 2.45) is 5.92 Å². The summed E-state index contributed by atoms with van der Waals surface area (Å²) in [5.41, 5.74) is 0. The normalized spacial score (nSPS) is 24.8. The van der Waals surface area contributed by atoms with Gasteiger partial charge in [-0.15, -0.1) is 0 Å². The zero-order valence-corrected chi connectivity index (χ0v) is 14.2. The maximum absolute atomic E-state index is 12.5. The molecule has 7 nitrogen and oxygen atoms in total. The van der Waals surface area contributed by atoms with Gasteiger partial charge in [0.1, 0.15) is 0 Å². The van der Waals surface area contributed by atoms with Gasteiger partial charge in [0.05, 0.1) is 12.7 Å². The number of piperidine rings is 1. The van der Waals surface area contributed by atoms with Crippen molar-refractivity contribution < 1.29 is 19.4 Å². The minimum atomic E-state index is -0.483. The van der Waals surface area contributed by atoms with Gasteiger partial charge in [-0.25, -0.2) is 0 Å². The second-order valence-electron chi connectivity index (χ2n) is 6.44. The SMILES string of the molecule is CCOCC(O)CN1CCN(C(=O)C2CCN(C)C(=O)C2)CC1. The number of piperazine rings is 1. The van der Waals surface area contributed by atoms with Crippen molar-refractivity contribution in [3.63, 3.8) is 0 Å². The summed E-state index contributed by atoms with van der Waals surface area (Å²) >= 11 is 0. The lowest BCUT2D eigenvalue weighted by atomic mass is 9.94. The summed E-state index contributed by atoms with van der Waals surface area (Å²) in [6.45, 7) is 6.97. The summed E-state index contributed by atoms with van der Waals surface area (Å²) in [6.07, 6.45) is 0.612. The molecule has 2 unspecified atom stereocenters. The van der Waals surface area contributed by atoms with E-state index in [-0.39, 0.29) is 17.7 Å². The highest BCUT2D eigenvalue weighted by Crippen LogP contribution is 2.20. The maximum Gasteiger partial charge on any atom is 0.226 e. The van der Waals surface area contributed by atoms with E-state index in [4.69, 9.17) is 4.74 Å². The van der Waals surface area contributed by atoms with E-state index >= 15 is 0 Å². The molecule has 0 aliphatic carbocycles. The molecule has 0 saturated carbocycles. The van der Waals surface area contributed by atoms with E-state index in [1.807, 2.05) is 11.8 Å². The van der Waals surface area contributed by atoms with Gasteiger partial charge in [-0.05, 0) is 13.3 Å². The van der Waals surface area contributed by atoms with Crippen LogP contribution in [0.3, 0.4) is 0 Å². The Morgan fingerprint density at radius 1 is 1.30 bits per heavy atom. The third-order valence-corrected chi connectivity index (χ3v) is 4.68. The summed E-state index contributed by atoms with van der Waals surface area (Å²) in [5.74, 6) is 0.0158. The molecule has 2 aliphatic rings. The molecule has 1 N–H and O–H groups in total. The number of carbonyl (C=O) groups excluding carboxylic acids is 2. The largest absolute Gasteiger partial charge is 0.389 e. The second-order valence-corrected chi connectivity index (χ2v) is 6.44. The van der Waals surface area contributed by atoms with Crippen LogP contribution < -0.4 is 0 Å². The van der Waals surface area contributed by atoms with Crippen LogP contribution in [0, 0.1) is 5.92 Å². The molecule has 0 aromatic heterocycles. The molecule has 0 radical (unpaired) electrons. The number of carbonyl (C=O) groups is 2. The van der Waals surface area contributed by atoms with E-state index in [1.165, 1.54) is 0 Å². The zero-order chi connectivity index (χ0) is 16.8. The summed E-state index contributed by atoms with van der Waals surface area (Å²) in [6, 6.07) is 0. The lowest BCUT2D eigenvalue weighted by Gasteiger charge is -2.38. The Bertz CT molecular complexity index is 410. The van der Waals surface area contributed by atoms with Crippen LogP contribution in [-0.2, 0) is 14.3 Å². The van der Waals surface area contributed by atoms with E-state index in [2.05, 4.69) is 4.90 Å². The van der Waals surface area contributed by atoms with Crippen molar-refractivity contribution in [3.05, 3.63) is 0 Å². The number of aliphatic hydroxyl groups excluding tert-OH is 1. The standard InChI is InChI=1S/C16H29N3O4/c1-3-23-12-14(20)11-18-6-8-19(9-7-18)16(22)13-4-5-17(2)15(21)10-13/h13-14,20H,3-12H2,1-2H3. The van der Waals surface area contributed by atoms with E-state index in [1.54, 1.807) is 11.9 Å². The summed E-state index contributed by atoms with van der Waals surface area (Å²) in [4.78, 5) is 30.0. The van der Waals surface area contributed by atoms with Crippen molar-refractivity contribution in [1.29, 1.82) is 0 Å². The van der Waals surface area contributed by atoms with E-state index in [0.29, 0.717) is 45.8 Å². The molecule has 2 aliphatic heterocycles. The number of β-amino-alcohol motifs (C(OH)–C–C–N with tert-alkyl or cyclic N) is 1. The van der Waals surface area contributed by atoms with Crippen molar-refractivity contribution in [3.8, 4) is 0 Å². The molecule has 2 heterocycles. The number of amides is 2. The number of ether oxygens (including phenoxy) is 1. The van der Waals surface area contributed by atoms with Gasteiger partial charge in [-0.3, -0.25) is 14.5 Å². The highest BCUT2D eigenvalue weighted by atomic mass is 16.5. The van der Waals surface area contributed by atoms with Crippen LogP contribution in [0.15, 0.2) is 0 Å². The van der Waals surface area contributed by atoms with Crippen LogP contribution in [0.1, 0.15) is 19.8 Å². The summed E-state index contributed by atoms with van der Waals surface area (Å²) < 4.78 is 5.22. The molecule has 2 amide bonds. The Morgan fingerprint density at radius 2 is 2.00 bits per heavy atom. The smallest absolute Gasteiger partial charge is 0.226 e. The fourth-order valence-electron chi connectivity index (χ4n) is 3.17. The predicted molar refractivity (Wildman–Crippen MR) is 85.9 cm³/mol. The van der Waals surface area contributed by atoms with Gasteiger partial charge in [-0.1, -0.05) is 0 Å². The van der Waals surface area contributed by atoms with Gasteiger partial charge in [0, 0.05) is 65.3 Å². The number of likely N-dealkylation sites (tertiary alicyclic amines) is 1. The number of hydrogen-bond acceptors (Lipinski definition) is 5. The monoisotopic (exact) mass is 327 g/mol. The van der Waals surface area contributed by atoms with Gasteiger partial charge in [0.2, 0.25) is 11.8 Å². The number of hydrogen-bond donors (Lipinski definition) is 1. The molecule has 23 heavy (non-hydrogen) atoms. The lowest BCUT2D eigenvalue weighted by Crippen LogP contribution is -2.53. The molecule has 0 aromatic carbocycles. The lowest BCUT2D eigenvalue weighted by molar-refractivity contribution is -0.145. The zero-order valence-electron chi connectivity index (χ0n) is 14.2. The maximum atomic E-state index is 12.5. The minimum absolute atomic E-state index is 0.0623. The van der Waals surface area contributed by atoms with E-state index < -0.39 is 6.10 Å². The topological polar surface area (TPSA) is 73.3 Å². The van der Waals surface area contributed by atoms with Gasteiger partial charge in [0.25, 0.3) is 0 Å². The highest BCUT2D eigenvalue weighted by molar-refractivity contribution is 5.86. The molecule has 0 bridgehead atoms. The van der Waals surface area contributed by atoms with E-state index in [0.717, 1.165) is 19.5 Å². The molecule has 2 fully saturated rings. The first kappa shape index (κ1) is 18.2. The van der Waals surface area contributed by atoms with Crippen molar-refractivity contribution in [1.82, 2.24) is 14.7 Å². The second kappa shape index (κ2) is 8.61.